The molecule has 0 heterocycles. The van der Waals surface area contributed by atoms with Gasteiger partial charge in [-0.25, -0.2) is 0 Å². The highest BCUT2D eigenvalue weighted by atomic mass is 14.3. The van der Waals surface area contributed by atoms with Gasteiger partial charge in [-0.1, -0.05) is 97.6 Å². The van der Waals surface area contributed by atoms with E-state index in [2.05, 4.69) is 48.5 Å². The summed E-state index contributed by atoms with van der Waals surface area (Å²) in [6.45, 7) is 17.0. The fourth-order valence-corrected chi connectivity index (χ4v) is 4.77. The van der Waals surface area contributed by atoms with Crippen LogP contribution in [0.1, 0.15) is 126 Å². The largest absolute Gasteiger partial charge is 0.0736 e. The maximum atomic E-state index is 2.49. The Morgan fingerprint density at radius 3 is 1.96 bits per heavy atom. The molecule has 0 aliphatic heterocycles. The molecule has 0 aromatic heterocycles. The van der Waals surface area contributed by atoms with Crippen molar-refractivity contribution in [1.29, 1.82) is 0 Å². The van der Waals surface area contributed by atoms with Gasteiger partial charge in [0.05, 0.1) is 0 Å². The van der Waals surface area contributed by atoms with Crippen molar-refractivity contribution in [3.63, 3.8) is 0 Å². The van der Waals surface area contributed by atoms with Gasteiger partial charge >= 0.3 is 0 Å². The van der Waals surface area contributed by atoms with E-state index in [1.807, 2.05) is 0 Å². The van der Waals surface area contributed by atoms with E-state index in [1.165, 1.54) is 77.0 Å². The van der Waals surface area contributed by atoms with E-state index < -0.39 is 0 Å². The number of hydrogen-bond donors (Lipinski definition) is 0. The Morgan fingerprint density at radius 2 is 1.36 bits per heavy atom. The van der Waals surface area contributed by atoms with Crippen molar-refractivity contribution >= 4 is 0 Å². The highest BCUT2D eigenvalue weighted by molar-refractivity contribution is 5.22. The molecule has 25 heavy (non-hydrogen) atoms. The van der Waals surface area contributed by atoms with Gasteiger partial charge < -0.3 is 0 Å². The van der Waals surface area contributed by atoms with E-state index in [9.17, 15) is 0 Å². The Hall–Kier alpha value is -0.260. The van der Waals surface area contributed by atoms with Crippen LogP contribution in [0, 0.1) is 23.2 Å². The molecule has 1 rings (SSSR count). The second-order valence-electron chi connectivity index (χ2n) is 10.4. The van der Waals surface area contributed by atoms with Gasteiger partial charge in [-0.3, -0.25) is 0 Å². The third-order valence-corrected chi connectivity index (χ3v) is 6.70. The molecular weight excluding hydrogens is 300 g/mol. The zero-order valence-electron chi connectivity index (χ0n) is 18.7. The first-order chi connectivity index (χ1) is 11.7. The summed E-state index contributed by atoms with van der Waals surface area (Å²) < 4.78 is 0. The first-order valence-corrected chi connectivity index (χ1v) is 11.4. The van der Waals surface area contributed by atoms with Gasteiger partial charge in [0.2, 0.25) is 0 Å². The molecule has 0 unspecified atom stereocenters. The van der Waals surface area contributed by atoms with Crippen LogP contribution in [0.3, 0.4) is 0 Å². The number of allylic oxidation sites excluding steroid dienone is 2. The maximum Gasteiger partial charge on any atom is -0.0142 e. The van der Waals surface area contributed by atoms with E-state index in [0.717, 1.165) is 17.8 Å². The van der Waals surface area contributed by atoms with Crippen LogP contribution in [-0.4, -0.2) is 0 Å². The maximum absolute atomic E-state index is 2.49. The first-order valence-electron chi connectivity index (χ1n) is 11.4. The van der Waals surface area contributed by atoms with Crippen LogP contribution in [0.25, 0.3) is 0 Å². The molecule has 0 nitrogen and oxygen atoms in total. The van der Waals surface area contributed by atoms with Crippen LogP contribution in [0.4, 0.5) is 0 Å². The predicted molar refractivity (Wildman–Crippen MR) is 115 cm³/mol. The molecule has 0 aromatic rings. The van der Waals surface area contributed by atoms with Gasteiger partial charge in [0.15, 0.2) is 0 Å². The van der Waals surface area contributed by atoms with E-state index in [0.29, 0.717) is 5.41 Å². The first kappa shape index (κ1) is 22.8. The lowest BCUT2D eigenvalue weighted by molar-refractivity contribution is 0.338. The molecular formula is C25H48. The molecule has 148 valence electrons. The zero-order valence-corrected chi connectivity index (χ0v) is 18.7. The molecule has 0 amide bonds. The summed E-state index contributed by atoms with van der Waals surface area (Å²) >= 11 is 0. The molecule has 0 saturated carbocycles. The molecule has 0 saturated heterocycles. The van der Waals surface area contributed by atoms with Gasteiger partial charge in [0, 0.05) is 0 Å². The SMILES string of the molecule is CC1=C(CC[C@@H](C)CCC[C@@H](C)CCCCC(C)C)C(C)(C)CCC1. The Kier molecular flexibility index (Phi) is 10.4. The Labute approximate surface area is 160 Å². The summed E-state index contributed by atoms with van der Waals surface area (Å²) in [7, 11) is 0. The summed E-state index contributed by atoms with van der Waals surface area (Å²) in [4.78, 5) is 0. The predicted octanol–water partition coefficient (Wildman–Crippen LogP) is 8.95. The van der Waals surface area contributed by atoms with Crippen molar-refractivity contribution in [3.05, 3.63) is 11.1 Å². The van der Waals surface area contributed by atoms with E-state index in [1.54, 1.807) is 11.1 Å². The zero-order chi connectivity index (χ0) is 18.9. The molecule has 0 fully saturated rings. The minimum atomic E-state index is 0.465. The van der Waals surface area contributed by atoms with Crippen LogP contribution >= 0.6 is 0 Å². The quantitative estimate of drug-likeness (QED) is 0.244. The van der Waals surface area contributed by atoms with Crippen molar-refractivity contribution in [2.75, 3.05) is 0 Å². The Bertz CT molecular complexity index is 385. The lowest BCUT2D eigenvalue weighted by Crippen LogP contribution is -2.20. The van der Waals surface area contributed by atoms with Gasteiger partial charge in [-0.05, 0) is 62.2 Å². The number of hydrogen-bond acceptors (Lipinski definition) is 0. The molecule has 0 heteroatoms. The van der Waals surface area contributed by atoms with Crippen LogP contribution < -0.4 is 0 Å². The monoisotopic (exact) mass is 348 g/mol. The van der Waals surface area contributed by atoms with Crippen molar-refractivity contribution in [1.82, 2.24) is 0 Å². The van der Waals surface area contributed by atoms with Crippen LogP contribution in [0.15, 0.2) is 11.1 Å². The summed E-state index contributed by atoms with van der Waals surface area (Å²) in [5, 5.41) is 0. The van der Waals surface area contributed by atoms with Crippen molar-refractivity contribution in [3.8, 4) is 0 Å². The Balaban J connectivity index is 2.17. The third kappa shape index (κ3) is 9.30. The van der Waals surface area contributed by atoms with E-state index in [-0.39, 0.29) is 0 Å². The molecule has 0 radical (unpaired) electrons. The number of unbranched alkanes of at least 4 members (excludes halogenated alkanes) is 1. The molecule has 1 aliphatic rings. The lowest BCUT2D eigenvalue weighted by atomic mass is 9.70. The lowest BCUT2D eigenvalue weighted by Gasteiger charge is -2.35. The van der Waals surface area contributed by atoms with E-state index in [4.69, 9.17) is 0 Å². The highest BCUT2D eigenvalue weighted by Gasteiger charge is 2.28. The smallest absolute Gasteiger partial charge is 0.0142 e. The standard InChI is InChI=1S/C25H48/c1-20(2)12-8-9-13-21(3)14-10-15-22(4)17-18-24-23(5)16-11-19-25(24,6)7/h20-22H,8-19H2,1-7H3/t21-,22-/m0/s1. The fourth-order valence-electron chi connectivity index (χ4n) is 4.77. The average Bonchev–Trinajstić information content (AvgIpc) is 2.50. The topological polar surface area (TPSA) is 0 Å². The van der Waals surface area contributed by atoms with Gasteiger partial charge in [-0.2, -0.15) is 0 Å². The molecule has 0 aromatic carbocycles. The normalized spacial score (nSPS) is 20.2. The minimum absolute atomic E-state index is 0.465. The van der Waals surface area contributed by atoms with Gasteiger partial charge in [0.1, 0.15) is 0 Å². The number of rotatable bonds is 12. The molecule has 2 atom stereocenters. The average molecular weight is 349 g/mol. The van der Waals surface area contributed by atoms with Crippen molar-refractivity contribution in [2.45, 2.75) is 126 Å². The van der Waals surface area contributed by atoms with Crippen molar-refractivity contribution in [2.24, 2.45) is 23.2 Å². The Morgan fingerprint density at radius 1 is 0.800 bits per heavy atom. The molecule has 0 bridgehead atoms. The van der Waals surface area contributed by atoms with Crippen LogP contribution in [0.5, 0.6) is 0 Å². The van der Waals surface area contributed by atoms with Crippen molar-refractivity contribution < 1.29 is 0 Å². The van der Waals surface area contributed by atoms with Gasteiger partial charge in [0.25, 0.3) is 0 Å². The van der Waals surface area contributed by atoms with Crippen LogP contribution in [-0.2, 0) is 0 Å². The summed E-state index contributed by atoms with van der Waals surface area (Å²) in [6.07, 6.45) is 16.9. The third-order valence-electron chi connectivity index (χ3n) is 6.70. The molecule has 0 N–H and O–H groups in total. The fraction of sp³-hybridized carbons (Fsp3) is 0.920. The van der Waals surface area contributed by atoms with E-state index >= 15 is 0 Å². The second kappa shape index (κ2) is 11.5. The minimum Gasteiger partial charge on any atom is -0.0736 e. The van der Waals surface area contributed by atoms with Gasteiger partial charge in [-0.15, -0.1) is 0 Å². The second-order valence-corrected chi connectivity index (χ2v) is 10.4. The summed E-state index contributed by atoms with van der Waals surface area (Å²) in [5.41, 5.74) is 3.97. The van der Waals surface area contributed by atoms with Crippen LogP contribution in [0.2, 0.25) is 0 Å². The highest BCUT2D eigenvalue weighted by Crippen LogP contribution is 2.42. The molecule has 1 aliphatic carbocycles. The summed E-state index contributed by atoms with van der Waals surface area (Å²) in [6, 6.07) is 0. The molecule has 0 spiro atoms. The summed E-state index contributed by atoms with van der Waals surface area (Å²) in [5.74, 6) is 2.71.